The number of nitrogens with zero attached hydrogens (tertiary/aromatic N) is 4. The molecule has 51 heavy (non-hydrogen) atoms. The third kappa shape index (κ3) is 10.0. The number of para-hydroxylation sites is 3. The van der Waals surface area contributed by atoms with Crippen molar-refractivity contribution in [1.29, 1.82) is 0 Å². The summed E-state index contributed by atoms with van der Waals surface area (Å²) in [4.78, 5) is 24.9. The summed E-state index contributed by atoms with van der Waals surface area (Å²) in [5, 5.41) is 28.3. The van der Waals surface area contributed by atoms with Crippen molar-refractivity contribution in [3.63, 3.8) is 0 Å². The standard InChI is InChI=1S/C38H41N7O5S/c39-32-11-7-8-12-33(32)41-36(48)14-6-2-5-13-35(47)40-29-21-19-28(20-22-29)37-49-31(23-34(50-37)27-17-15-26(24-46)16-18-27)25-51-38-42-43-44-45(38)30-9-3-1-4-10-30/h1,3-4,7-12,15-22,31,34,37,46H,2,5-6,13-14,23-25,39H2,(H,40,47)(H,41,48)/t31-,34+,37+/m1/s1. The number of nitrogens with two attached hydrogens (primary N) is 1. The summed E-state index contributed by atoms with van der Waals surface area (Å²) in [6, 6.07) is 32.1. The Morgan fingerprint density at radius 1 is 0.824 bits per heavy atom. The van der Waals surface area contributed by atoms with Crippen molar-refractivity contribution in [3.8, 4) is 5.69 Å². The second kappa shape index (κ2) is 17.7. The Bertz CT molecular complexity index is 1870. The van der Waals surface area contributed by atoms with Crippen molar-refractivity contribution in [2.45, 2.75) is 68.8 Å². The fourth-order valence-corrected chi connectivity index (χ4v) is 6.62. The quantitative estimate of drug-likeness (QED) is 0.0529. The smallest absolute Gasteiger partial charge is 0.224 e. The van der Waals surface area contributed by atoms with Crippen molar-refractivity contribution in [2.75, 3.05) is 22.1 Å². The van der Waals surface area contributed by atoms with Crippen LogP contribution < -0.4 is 16.4 Å². The highest BCUT2D eigenvalue weighted by atomic mass is 32.2. The van der Waals surface area contributed by atoms with Gasteiger partial charge >= 0.3 is 0 Å². The number of aromatic nitrogens is 4. The van der Waals surface area contributed by atoms with Gasteiger partial charge in [-0.15, -0.1) is 5.10 Å². The van der Waals surface area contributed by atoms with E-state index in [4.69, 9.17) is 15.2 Å². The van der Waals surface area contributed by atoms with Crippen molar-refractivity contribution in [3.05, 3.63) is 120 Å². The lowest BCUT2D eigenvalue weighted by atomic mass is 10.0. The van der Waals surface area contributed by atoms with Crippen LogP contribution in [-0.4, -0.2) is 49.0 Å². The number of rotatable bonds is 15. The van der Waals surface area contributed by atoms with Gasteiger partial charge < -0.3 is 30.9 Å². The van der Waals surface area contributed by atoms with Crippen LogP contribution in [0.1, 0.15) is 67.6 Å². The first-order chi connectivity index (χ1) is 24.9. The number of hydrogen-bond acceptors (Lipinski definition) is 10. The van der Waals surface area contributed by atoms with Gasteiger partial charge in [0, 0.05) is 36.3 Å². The number of aliphatic hydroxyl groups excluding tert-OH is 1. The molecule has 1 saturated heterocycles. The minimum atomic E-state index is -0.641. The van der Waals surface area contributed by atoms with Gasteiger partial charge in [-0.25, -0.2) is 0 Å². The molecule has 0 unspecified atom stereocenters. The van der Waals surface area contributed by atoms with E-state index in [0.29, 0.717) is 60.1 Å². The van der Waals surface area contributed by atoms with Crippen molar-refractivity contribution < 1.29 is 24.2 Å². The summed E-state index contributed by atoms with van der Waals surface area (Å²) in [5.74, 6) is 0.415. The average molecular weight is 708 g/mol. The molecule has 0 aliphatic carbocycles. The lowest BCUT2D eigenvalue weighted by molar-refractivity contribution is -0.245. The molecule has 12 nitrogen and oxygen atoms in total. The number of unbranched alkanes of at least 4 members (excludes halogenated alkanes) is 2. The first kappa shape index (κ1) is 35.7. The Kier molecular flexibility index (Phi) is 12.4. The fourth-order valence-electron chi connectivity index (χ4n) is 5.71. The van der Waals surface area contributed by atoms with Gasteiger partial charge in [0.15, 0.2) is 6.29 Å². The Labute approximate surface area is 300 Å². The second-order valence-corrected chi connectivity index (χ2v) is 13.2. The molecule has 13 heteroatoms. The Morgan fingerprint density at radius 3 is 2.24 bits per heavy atom. The SMILES string of the molecule is Nc1ccccc1NC(=O)CCCCCC(=O)Nc1ccc([C@H]2O[C@@H](CSc3nnnn3-c3ccccc3)C[C@@H](c3ccc(CO)cc3)O2)cc1. The first-order valence-corrected chi connectivity index (χ1v) is 17.9. The number of carbonyl (C=O) groups is 2. The van der Waals surface area contributed by atoms with Gasteiger partial charge in [0.1, 0.15) is 0 Å². The average Bonchev–Trinajstić information content (AvgIpc) is 3.64. The predicted molar refractivity (Wildman–Crippen MR) is 196 cm³/mol. The highest BCUT2D eigenvalue weighted by molar-refractivity contribution is 7.99. The molecule has 1 fully saturated rings. The fraction of sp³-hybridized carbons (Fsp3) is 0.289. The van der Waals surface area contributed by atoms with E-state index in [9.17, 15) is 14.7 Å². The van der Waals surface area contributed by atoms with Gasteiger partial charge in [0.25, 0.3) is 0 Å². The van der Waals surface area contributed by atoms with Crippen molar-refractivity contribution in [1.82, 2.24) is 20.2 Å². The number of benzene rings is 4. The minimum absolute atomic E-state index is 0.0278. The highest BCUT2D eigenvalue weighted by Crippen LogP contribution is 2.39. The number of hydrogen-bond donors (Lipinski definition) is 4. The van der Waals surface area contributed by atoms with E-state index in [1.165, 1.54) is 11.8 Å². The summed E-state index contributed by atoms with van der Waals surface area (Å²) < 4.78 is 14.7. The van der Waals surface area contributed by atoms with Gasteiger partial charge in [-0.3, -0.25) is 9.59 Å². The summed E-state index contributed by atoms with van der Waals surface area (Å²) in [5.41, 5.74) is 11.2. The number of amides is 2. The highest BCUT2D eigenvalue weighted by Gasteiger charge is 2.32. The molecule has 0 saturated carbocycles. The molecule has 2 heterocycles. The molecule has 3 atom stereocenters. The zero-order valence-corrected chi connectivity index (χ0v) is 28.9. The molecular formula is C38H41N7O5S. The zero-order chi connectivity index (χ0) is 35.4. The van der Waals surface area contributed by atoms with E-state index in [2.05, 4.69) is 26.2 Å². The van der Waals surface area contributed by atoms with Gasteiger partial charge in [0.05, 0.1) is 35.9 Å². The van der Waals surface area contributed by atoms with Crippen LogP contribution in [0, 0.1) is 0 Å². The van der Waals surface area contributed by atoms with Crippen LogP contribution in [0.4, 0.5) is 17.1 Å². The largest absolute Gasteiger partial charge is 0.397 e. The topological polar surface area (TPSA) is 167 Å². The first-order valence-electron chi connectivity index (χ1n) is 17.0. The third-order valence-electron chi connectivity index (χ3n) is 8.46. The molecule has 4 aromatic carbocycles. The summed E-state index contributed by atoms with van der Waals surface area (Å²) in [6.07, 6.45) is 2.38. The van der Waals surface area contributed by atoms with Gasteiger partial charge in [0.2, 0.25) is 17.0 Å². The zero-order valence-electron chi connectivity index (χ0n) is 28.1. The predicted octanol–water partition coefficient (Wildman–Crippen LogP) is 6.60. The molecule has 1 aromatic heterocycles. The number of aliphatic hydroxyl groups is 1. The van der Waals surface area contributed by atoms with Crippen LogP contribution in [0.2, 0.25) is 0 Å². The molecule has 5 N–H and O–H groups in total. The number of nitrogen functional groups attached to an aromatic ring is 1. The molecule has 5 aromatic rings. The number of tetrazole rings is 1. The Hall–Kier alpha value is -5.08. The molecule has 0 spiro atoms. The number of thioether (sulfide) groups is 1. The Balaban J connectivity index is 1.02. The van der Waals surface area contributed by atoms with Crippen molar-refractivity contribution >= 4 is 40.6 Å². The van der Waals surface area contributed by atoms with Crippen LogP contribution in [0.25, 0.3) is 5.69 Å². The number of ether oxygens (including phenoxy) is 2. The number of nitrogens with one attached hydrogen (secondary N) is 2. The lowest BCUT2D eigenvalue weighted by Gasteiger charge is -2.36. The summed E-state index contributed by atoms with van der Waals surface area (Å²) >= 11 is 1.52. The van der Waals surface area contributed by atoms with Gasteiger partial charge in [-0.1, -0.05) is 84.9 Å². The monoisotopic (exact) mass is 707 g/mol. The molecule has 264 valence electrons. The van der Waals surface area contributed by atoms with Crippen LogP contribution in [-0.2, 0) is 25.7 Å². The normalized spacial score (nSPS) is 17.2. The molecule has 6 rings (SSSR count). The van der Waals surface area contributed by atoms with Crippen LogP contribution in [0.15, 0.2) is 108 Å². The molecular weight excluding hydrogens is 667 g/mol. The Morgan fingerprint density at radius 2 is 1.51 bits per heavy atom. The van der Waals surface area contributed by atoms with E-state index in [1.807, 2.05) is 91.0 Å². The molecule has 2 amide bonds. The van der Waals surface area contributed by atoms with E-state index in [0.717, 1.165) is 28.8 Å². The molecule has 1 aliphatic heterocycles. The number of carbonyl (C=O) groups excluding carboxylic acids is 2. The van der Waals surface area contributed by atoms with Crippen molar-refractivity contribution in [2.24, 2.45) is 0 Å². The second-order valence-electron chi connectivity index (χ2n) is 12.2. The maximum atomic E-state index is 12.7. The van der Waals surface area contributed by atoms with E-state index >= 15 is 0 Å². The number of anilines is 3. The summed E-state index contributed by atoms with van der Waals surface area (Å²) in [7, 11) is 0. The van der Waals surface area contributed by atoms with Gasteiger partial charge in [-0.2, -0.15) is 4.68 Å². The van der Waals surface area contributed by atoms with E-state index < -0.39 is 6.29 Å². The van der Waals surface area contributed by atoms with Crippen LogP contribution in [0.3, 0.4) is 0 Å². The minimum Gasteiger partial charge on any atom is -0.397 e. The maximum absolute atomic E-state index is 12.7. The maximum Gasteiger partial charge on any atom is 0.224 e. The van der Waals surface area contributed by atoms with E-state index in [1.54, 1.807) is 16.8 Å². The molecule has 0 radical (unpaired) electrons. The van der Waals surface area contributed by atoms with Gasteiger partial charge in [-0.05, 0) is 70.8 Å². The molecule has 0 bridgehead atoms. The van der Waals surface area contributed by atoms with Crippen LogP contribution >= 0.6 is 11.8 Å². The summed E-state index contributed by atoms with van der Waals surface area (Å²) in [6.45, 7) is -0.0278. The van der Waals surface area contributed by atoms with E-state index in [-0.39, 0.29) is 30.6 Å². The lowest BCUT2D eigenvalue weighted by Crippen LogP contribution is -2.31. The molecule has 1 aliphatic rings. The third-order valence-corrected chi connectivity index (χ3v) is 9.52. The van der Waals surface area contributed by atoms with Crippen LogP contribution in [0.5, 0.6) is 0 Å².